The molecule has 0 aliphatic carbocycles. The first-order chi connectivity index (χ1) is 9.13. The molecule has 2 fully saturated rings. The lowest BCUT2D eigenvalue weighted by Crippen LogP contribution is -2.34. The summed E-state index contributed by atoms with van der Waals surface area (Å²) < 4.78 is 0. The summed E-state index contributed by atoms with van der Waals surface area (Å²) in [5, 5.41) is 1.85. The van der Waals surface area contributed by atoms with Crippen LogP contribution in [0.15, 0.2) is 10.9 Å². The van der Waals surface area contributed by atoms with E-state index in [0.717, 1.165) is 32.1 Å². The largest absolute Gasteiger partial charge is 0.337 e. The van der Waals surface area contributed by atoms with Gasteiger partial charge in [0.15, 0.2) is 0 Å². The number of hydrogen-bond donors (Lipinski definition) is 0. The van der Waals surface area contributed by atoms with Crippen LogP contribution in [0.3, 0.4) is 0 Å². The van der Waals surface area contributed by atoms with Crippen LogP contribution >= 0.6 is 11.3 Å². The van der Waals surface area contributed by atoms with E-state index < -0.39 is 0 Å². The Kier molecular flexibility index (Phi) is 3.58. The van der Waals surface area contributed by atoms with Gasteiger partial charge in [0.1, 0.15) is 5.69 Å². The van der Waals surface area contributed by atoms with Gasteiger partial charge in [-0.2, -0.15) is 0 Å². The smallest absolute Gasteiger partial charge is 0.273 e. The minimum absolute atomic E-state index is 0.117. The number of fused-ring (bicyclic) bond motifs is 1. The number of aromatic nitrogens is 1. The van der Waals surface area contributed by atoms with E-state index in [0.29, 0.717) is 17.5 Å². The zero-order valence-electron chi connectivity index (χ0n) is 11.6. The molecule has 1 aromatic heterocycles. The predicted molar refractivity (Wildman–Crippen MR) is 76.3 cm³/mol. The average Bonchev–Trinajstić information content (AvgIpc) is 3.00. The summed E-state index contributed by atoms with van der Waals surface area (Å²) in [6.07, 6.45) is 0. The van der Waals surface area contributed by atoms with Crippen LogP contribution in [0, 0.1) is 17.8 Å². The van der Waals surface area contributed by atoms with Gasteiger partial charge < -0.3 is 9.80 Å². The molecule has 19 heavy (non-hydrogen) atoms. The van der Waals surface area contributed by atoms with E-state index >= 15 is 0 Å². The van der Waals surface area contributed by atoms with Gasteiger partial charge in [0.2, 0.25) is 0 Å². The molecule has 2 aliphatic rings. The second kappa shape index (κ2) is 5.21. The van der Waals surface area contributed by atoms with Crippen LogP contribution in [0.1, 0.15) is 24.3 Å². The SMILES string of the molecule is CC(C)CN1C[C@@H]2CN(C(=O)c3cscn3)C[C@H]2C1. The van der Waals surface area contributed by atoms with Crippen LogP contribution in [0.4, 0.5) is 0 Å². The number of amides is 1. The Morgan fingerprint density at radius 2 is 2.05 bits per heavy atom. The normalized spacial score (nSPS) is 27.2. The van der Waals surface area contributed by atoms with E-state index in [1.807, 2.05) is 10.3 Å². The maximum Gasteiger partial charge on any atom is 0.273 e. The summed E-state index contributed by atoms with van der Waals surface area (Å²) in [7, 11) is 0. The van der Waals surface area contributed by atoms with E-state index in [9.17, 15) is 4.79 Å². The zero-order chi connectivity index (χ0) is 13.4. The highest BCUT2D eigenvalue weighted by Gasteiger charge is 2.41. The third-order valence-electron chi connectivity index (χ3n) is 4.12. The van der Waals surface area contributed by atoms with E-state index in [-0.39, 0.29) is 5.91 Å². The first-order valence-electron chi connectivity index (χ1n) is 7.03. The molecule has 5 heteroatoms. The van der Waals surface area contributed by atoms with Gasteiger partial charge in [0.05, 0.1) is 5.51 Å². The van der Waals surface area contributed by atoms with Crippen molar-refractivity contribution in [2.75, 3.05) is 32.7 Å². The number of carbonyl (C=O) groups is 1. The van der Waals surface area contributed by atoms with Gasteiger partial charge in [0.25, 0.3) is 5.91 Å². The number of rotatable bonds is 3. The van der Waals surface area contributed by atoms with Crippen molar-refractivity contribution in [3.05, 3.63) is 16.6 Å². The van der Waals surface area contributed by atoms with Gasteiger partial charge in [-0.25, -0.2) is 4.98 Å². The molecule has 0 saturated carbocycles. The first kappa shape index (κ1) is 13.1. The summed E-state index contributed by atoms with van der Waals surface area (Å²) in [6.45, 7) is 9.87. The lowest BCUT2D eigenvalue weighted by atomic mass is 10.0. The molecule has 0 N–H and O–H groups in total. The molecule has 0 bridgehead atoms. The molecule has 3 rings (SSSR count). The molecule has 2 aliphatic heterocycles. The van der Waals surface area contributed by atoms with E-state index in [1.54, 1.807) is 5.51 Å². The molecular formula is C14H21N3OS. The van der Waals surface area contributed by atoms with Crippen molar-refractivity contribution in [3.63, 3.8) is 0 Å². The van der Waals surface area contributed by atoms with Gasteiger partial charge in [-0.05, 0) is 17.8 Å². The van der Waals surface area contributed by atoms with Gasteiger partial charge >= 0.3 is 0 Å². The fraction of sp³-hybridized carbons (Fsp3) is 0.714. The molecular weight excluding hydrogens is 258 g/mol. The Labute approximate surface area is 118 Å². The minimum atomic E-state index is 0.117. The van der Waals surface area contributed by atoms with E-state index in [1.165, 1.54) is 17.9 Å². The van der Waals surface area contributed by atoms with Crippen LogP contribution < -0.4 is 0 Å². The Balaban J connectivity index is 1.58. The van der Waals surface area contributed by atoms with Gasteiger partial charge in [-0.1, -0.05) is 13.8 Å². The van der Waals surface area contributed by atoms with E-state index in [2.05, 4.69) is 23.7 Å². The lowest BCUT2D eigenvalue weighted by molar-refractivity contribution is 0.0768. The molecule has 0 aromatic carbocycles. The van der Waals surface area contributed by atoms with Gasteiger partial charge in [-0.15, -0.1) is 11.3 Å². The quantitative estimate of drug-likeness (QED) is 0.846. The van der Waals surface area contributed by atoms with Crippen molar-refractivity contribution < 1.29 is 4.79 Å². The second-order valence-corrected chi connectivity index (χ2v) is 6.94. The zero-order valence-corrected chi connectivity index (χ0v) is 12.4. The number of thiazole rings is 1. The molecule has 0 unspecified atom stereocenters. The molecule has 0 spiro atoms. The first-order valence-corrected chi connectivity index (χ1v) is 7.97. The molecule has 104 valence electrons. The summed E-state index contributed by atoms with van der Waals surface area (Å²) in [5.74, 6) is 2.18. The van der Waals surface area contributed by atoms with Crippen LogP contribution in [0.2, 0.25) is 0 Å². The van der Waals surface area contributed by atoms with Crippen LogP contribution in [-0.4, -0.2) is 53.4 Å². The van der Waals surface area contributed by atoms with Crippen LogP contribution in [0.5, 0.6) is 0 Å². The fourth-order valence-corrected chi connectivity index (χ4v) is 3.93. The summed E-state index contributed by atoms with van der Waals surface area (Å²) in [6, 6.07) is 0. The molecule has 1 amide bonds. The lowest BCUT2D eigenvalue weighted by Gasteiger charge is -2.22. The fourth-order valence-electron chi connectivity index (χ4n) is 3.40. The Morgan fingerprint density at radius 3 is 2.58 bits per heavy atom. The number of nitrogens with zero attached hydrogens (tertiary/aromatic N) is 3. The number of likely N-dealkylation sites (tertiary alicyclic amines) is 2. The highest BCUT2D eigenvalue weighted by Crippen LogP contribution is 2.32. The minimum Gasteiger partial charge on any atom is -0.337 e. The van der Waals surface area contributed by atoms with Crippen molar-refractivity contribution in [3.8, 4) is 0 Å². The predicted octanol–water partition coefficient (Wildman–Crippen LogP) is 1.80. The Bertz CT molecular complexity index is 432. The number of hydrogen-bond acceptors (Lipinski definition) is 4. The summed E-state index contributed by atoms with van der Waals surface area (Å²) >= 11 is 1.49. The van der Waals surface area contributed by atoms with Crippen molar-refractivity contribution in [2.24, 2.45) is 17.8 Å². The Morgan fingerprint density at radius 1 is 1.37 bits per heavy atom. The molecule has 0 radical (unpaired) electrons. The highest BCUT2D eigenvalue weighted by molar-refractivity contribution is 7.07. The Hall–Kier alpha value is -0.940. The maximum atomic E-state index is 12.3. The molecule has 3 heterocycles. The standard InChI is InChI=1S/C14H21N3OS/c1-10(2)3-16-4-11-6-17(7-12(11)5-16)14(18)13-8-19-9-15-13/h8-12H,3-7H2,1-2H3/t11-,12-/m1/s1. The van der Waals surface area contributed by atoms with Crippen molar-refractivity contribution in [1.82, 2.24) is 14.8 Å². The third-order valence-corrected chi connectivity index (χ3v) is 4.71. The van der Waals surface area contributed by atoms with E-state index in [4.69, 9.17) is 0 Å². The van der Waals surface area contributed by atoms with Crippen molar-refractivity contribution >= 4 is 17.2 Å². The second-order valence-electron chi connectivity index (χ2n) is 6.22. The van der Waals surface area contributed by atoms with Crippen molar-refractivity contribution in [2.45, 2.75) is 13.8 Å². The number of carbonyl (C=O) groups excluding carboxylic acids is 1. The topological polar surface area (TPSA) is 36.4 Å². The molecule has 2 atom stereocenters. The third kappa shape index (κ3) is 2.67. The average molecular weight is 279 g/mol. The van der Waals surface area contributed by atoms with Crippen LogP contribution in [0.25, 0.3) is 0 Å². The van der Waals surface area contributed by atoms with Gasteiger partial charge in [0, 0.05) is 38.1 Å². The highest BCUT2D eigenvalue weighted by atomic mass is 32.1. The maximum absolute atomic E-state index is 12.3. The summed E-state index contributed by atoms with van der Waals surface area (Å²) in [4.78, 5) is 20.9. The monoisotopic (exact) mass is 279 g/mol. The molecule has 2 saturated heterocycles. The molecule has 4 nitrogen and oxygen atoms in total. The van der Waals surface area contributed by atoms with Gasteiger partial charge in [-0.3, -0.25) is 4.79 Å². The molecule has 1 aromatic rings. The van der Waals surface area contributed by atoms with Crippen LogP contribution in [-0.2, 0) is 0 Å². The summed E-state index contributed by atoms with van der Waals surface area (Å²) in [5.41, 5.74) is 2.35. The van der Waals surface area contributed by atoms with Crippen molar-refractivity contribution in [1.29, 1.82) is 0 Å².